The molecule has 0 aliphatic carbocycles. The fourth-order valence-corrected chi connectivity index (χ4v) is 2.30. The van der Waals surface area contributed by atoms with Gasteiger partial charge < -0.3 is 9.84 Å². The molecule has 0 aliphatic heterocycles. The van der Waals surface area contributed by atoms with Crippen LogP contribution in [0.3, 0.4) is 0 Å². The number of esters is 1. The Labute approximate surface area is 86.3 Å². The standard InChI is InChI=1S/C7H5BrO4S/c1-12-7(11)5-3(8)2-4(13-5)6(9)10/h2H,1H3,(H,9,10). The Morgan fingerprint density at radius 1 is 1.62 bits per heavy atom. The van der Waals surface area contributed by atoms with Crippen molar-refractivity contribution in [2.45, 2.75) is 0 Å². The number of hydrogen-bond acceptors (Lipinski definition) is 4. The van der Waals surface area contributed by atoms with E-state index >= 15 is 0 Å². The van der Waals surface area contributed by atoms with Gasteiger partial charge in [0.05, 0.1) is 7.11 Å². The molecule has 1 aromatic heterocycles. The van der Waals surface area contributed by atoms with Crippen LogP contribution in [0.25, 0.3) is 0 Å². The fraction of sp³-hybridized carbons (Fsp3) is 0.143. The van der Waals surface area contributed by atoms with Gasteiger partial charge in [0, 0.05) is 4.47 Å². The average molecular weight is 265 g/mol. The van der Waals surface area contributed by atoms with E-state index in [1.54, 1.807) is 0 Å². The number of hydrogen-bond donors (Lipinski definition) is 1. The molecular formula is C7H5BrO4S. The summed E-state index contributed by atoms with van der Waals surface area (Å²) in [4.78, 5) is 21.9. The van der Waals surface area contributed by atoms with E-state index < -0.39 is 11.9 Å². The molecule has 1 aromatic rings. The van der Waals surface area contributed by atoms with Crippen molar-refractivity contribution < 1.29 is 19.4 Å². The summed E-state index contributed by atoms with van der Waals surface area (Å²) in [7, 11) is 1.24. The molecular weight excluding hydrogens is 260 g/mol. The molecule has 0 aliphatic rings. The lowest BCUT2D eigenvalue weighted by atomic mass is 10.4. The lowest BCUT2D eigenvalue weighted by Gasteiger charge is -1.93. The Hall–Kier alpha value is -0.880. The molecule has 13 heavy (non-hydrogen) atoms. The van der Waals surface area contributed by atoms with Crippen LogP contribution in [0.15, 0.2) is 10.5 Å². The highest BCUT2D eigenvalue weighted by molar-refractivity contribution is 9.10. The molecule has 0 spiro atoms. The van der Waals surface area contributed by atoms with Crippen molar-refractivity contribution in [3.8, 4) is 0 Å². The Morgan fingerprint density at radius 3 is 2.62 bits per heavy atom. The smallest absolute Gasteiger partial charge is 0.349 e. The first-order valence-corrected chi connectivity index (χ1v) is 4.78. The number of carbonyl (C=O) groups excluding carboxylic acids is 1. The summed E-state index contributed by atoms with van der Waals surface area (Å²) in [6.45, 7) is 0. The number of carboxylic acids is 1. The predicted molar refractivity (Wildman–Crippen MR) is 50.3 cm³/mol. The van der Waals surface area contributed by atoms with Crippen molar-refractivity contribution in [2.75, 3.05) is 7.11 Å². The van der Waals surface area contributed by atoms with Gasteiger partial charge in [-0.15, -0.1) is 11.3 Å². The van der Waals surface area contributed by atoms with Crippen LogP contribution in [-0.2, 0) is 4.74 Å². The molecule has 0 saturated heterocycles. The predicted octanol–water partition coefficient (Wildman–Crippen LogP) is 2.00. The van der Waals surface area contributed by atoms with E-state index in [1.807, 2.05) is 0 Å². The molecule has 0 saturated carbocycles. The Balaban J connectivity index is 3.10. The van der Waals surface area contributed by atoms with Gasteiger partial charge in [-0.3, -0.25) is 0 Å². The van der Waals surface area contributed by atoms with Crippen LogP contribution >= 0.6 is 27.3 Å². The van der Waals surface area contributed by atoms with E-state index in [-0.39, 0.29) is 9.75 Å². The number of aromatic carboxylic acids is 1. The Kier molecular flexibility index (Phi) is 3.05. The monoisotopic (exact) mass is 264 g/mol. The van der Waals surface area contributed by atoms with Gasteiger partial charge in [-0.05, 0) is 22.0 Å². The number of carboxylic acid groups (broad SMARTS) is 1. The molecule has 4 nitrogen and oxygen atoms in total. The van der Waals surface area contributed by atoms with Gasteiger partial charge in [0.15, 0.2) is 0 Å². The summed E-state index contributed by atoms with van der Waals surface area (Å²) in [5.41, 5.74) is 0. The van der Waals surface area contributed by atoms with Gasteiger partial charge >= 0.3 is 11.9 Å². The highest BCUT2D eigenvalue weighted by atomic mass is 79.9. The molecule has 0 fully saturated rings. The van der Waals surface area contributed by atoms with Crippen molar-refractivity contribution >= 4 is 39.2 Å². The summed E-state index contributed by atoms with van der Waals surface area (Å²) in [6.07, 6.45) is 0. The lowest BCUT2D eigenvalue weighted by Crippen LogP contribution is -1.98. The van der Waals surface area contributed by atoms with Crippen LogP contribution in [0.2, 0.25) is 0 Å². The minimum absolute atomic E-state index is 0.104. The van der Waals surface area contributed by atoms with Crippen molar-refractivity contribution in [1.82, 2.24) is 0 Å². The van der Waals surface area contributed by atoms with Gasteiger partial charge in [0.25, 0.3) is 0 Å². The minimum Gasteiger partial charge on any atom is -0.477 e. The number of rotatable bonds is 2. The second-order valence-electron chi connectivity index (χ2n) is 2.08. The zero-order valence-corrected chi connectivity index (χ0v) is 8.94. The van der Waals surface area contributed by atoms with Crippen molar-refractivity contribution in [1.29, 1.82) is 0 Å². The molecule has 0 aromatic carbocycles. The van der Waals surface area contributed by atoms with E-state index in [1.165, 1.54) is 13.2 Å². The first-order valence-electron chi connectivity index (χ1n) is 3.17. The normalized spacial score (nSPS) is 9.69. The zero-order valence-electron chi connectivity index (χ0n) is 6.54. The highest BCUT2D eigenvalue weighted by Crippen LogP contribution is 2.27. The van der Waals surface area contributed by atoms with Crippen LogP contribution in [0.4, 0.5) is 0 Å². The van der Waals surface area contributed by atoms with E-state index in [4.69, 9.17) is 5.11 Å². The van der Waals surface area contributed by atoms with Crippen LogP contribution in [0, 0.1) is 0 Å². The topological polar surface area (TPSA) is 63.6 Å². The summed E-state index contributed by atoms with van der Waals surface area (Å²) >= 11 is 3.95. The first-order chi connectivity index (χ1) is 6.06. The molecule has 1 N–H and O–H groups in total. The second-order valence-corrected chi connectivity index (χ2v) is 3.99. The largest absolute Gasteiger partial charge is 0.477 e. The van der Waals surface area contributed by atoms with Crippen molar-refractivity contribution in [3.63, 3.8) is 0 Å². The third-order valence-corrected chi connectivity index (χ3v) is 3.26. The lowest BCUT2D eigenvalue weighted by molar-refractivity contribution is 0.0604. The molecule has 70 valence electrons. The summed E-state index contributed by atoms with van der Waals surface area (Å²) < 4.78 is 4.90. The van der Waals surface area contributed by atoms with E-state index in [0.717, 1.165) is 11.3 Å². The van der Waals surface area contributed by atoms with Crippen LogP contribution in [0.5, 0.6) is 0 Å². The average Bonchev–Trinajstić information content (AvgIpc) is 2.46. The fourth-order valence-electron chi connectivity index (χ4n) is 0.706. The molecule has 0 atom stereocenters. The van der Waals surface area contributed by atoms with Crippen LogP contribution in [0.1, 0.15) is 19.3 Å². The first kappa shape index (κ1) is 10.2. The molecule has 0 unspecified atom stereocenters. The van der Waals surface area contributed by atoms with Crippen molar-refractivity contribution in [2.24, 2.45) is 0 Å². The van der Waals surface area contributed by atoms with Gasteiger partial charge in [-0.2, -0.15) is 0 Å². The summed E-state index contributed by atoms with van der Waals surface area (Å²) in [5.74, 6) is -1.59. The third-order valence-electron chi connectivity index (χ3n) is 1.27. The quantitative estimate of drug-likeness (QED) is 0.830. The highest BCUT2D eigenvalue weighted by Gasteiger charge is 2.17. The SMILES string of the molecule is COC(=O)c1sc(C(=O)O)cc1Br. The molecule has 6 heteroatoms. The second kappa shape index (κ2) is 3.89. The zero-order chi connectivity index (χ0) is 10.0. The maximum absolute atomic E-state index is 11.0. The Bertz CT molecular complexity index is 357. The van der Waals surface area contributed by atoms with E-state index in [9.17, 15) is 9.59 Å². The molecule has 1 heterocycles. The van der Waals surface area contributed by atoms with Gasteiger partial charge in [0.1, 0.15) is 9.75 Å². The maximum Gasteiger partial charge on any atom is 0.349 e. The van der Waals surface area contributed by atoms with Gasteiger partial charge in [-0.1, -0.05) is 0 Å². The minimum atomic E-state index is -1.05. The molecule has 0 amide bonds. The summed E-state index contributed by atoms with van der Waals surface area (Å²) in [6, 6.07) is 1.37. The van der Waals surface area contributed by atoms with Gasteiger partial charge in [0.2, 0.25) is 0 Å². The Morgan fingerprint density at radius 2 is 2.23 bits per heavy atom. The number of methoxy groups -OCH3 is 1. The van der Waals surface area contributed by atoms with E-state index in [2.05, 4.69) is 20.7 Å². The molecule has 0 bridgehead atoms. The van der Waals surface area contributed by atoms with Crippen molar-refractivity contribution in [3.05, 3.63) is 20.3 Å². The summed E-state index contributed by atoms with van der Waals surface area (Å²) in [5, 5.41) is 8.61. The third kappa shape index (κ3) is 2.07. The number of thiophene rings is 1. The number of ether oxygens (including phenoxy) is 1. The van der Waals surface area contributed by atoms with E-state index in [0.29, 0.717) is 4.47 Å². The maximum atomic E-state index is 11.0. The molecule has 1 rings (SSSR count). The van der Waals surface area contributed by atoms with Gasteiger partial charge in [-0.25, -0.2) is 9.59 Å². The number of carbonyl (C=O) groups is 2. The van der Waals surface area contributed by atoms with Crippen LogP contribution in [-0.4, -0.2) is 24.2 Å². The molecule has 0 radical (unpaired) electrons. The van der Waals surface area contributed by atoms with Crippen LogP contribution < -0.4 is 0 Å². The number of halogens is 1.